The van der Waals surface area contributed by atoms with Crippen molar-refractivity contribution in [2.75, 3.05) is 0 Å². The Balaban J connectivity index is 2.92. The quantitative estimate of drug-likeness (QED) is 0.861. The minimum Gasteiger partial charge on any atom is -0.478 e. The monoisotopic (exact) mass is 242 g/mol. The Hall–Kier alpha value is -1.22. The minimum atomic E-state index is -1.22. The van der Waals surface area contributed by atoms with Gasteiger partial charge in [0.15, 0.2) is 0 Å². The SMILES string of the molecule is CCCC(C)(Oc1ccccc1Cl)C(=O)O. The maximum Gasteiger partial charge on any atom is 0.347 e. The van der Waals surface area contributed by atoms with Crippen LogP contribution in [0, 0.1) is 0 Å². The van der Waals surface area contributed by atoms with Gasteiger partial charge in [0.25, 0.3) is 0 Å². The molecule has 0 fully saturated rings. The van der Waals surface area contributed by atoms with E-state index in [-0.39, 0.29) is 0 Å². The predicted molar refractivity (Wildman–Crippen MR) is 63.0 cm³/mol. The highest BCUT2D eigenvalue weighted by atomic mass is 35.5. The molecule has 88 valence electrons. The first kappa shape index (κ1) is 12.8. The van der Waals surface area contributed by atoms with Crippen molar-refractivity contribution in [2.24, 2.45) is 0 Å². The van der Waals surface area contributed by atoms with E-state index in [4.69, 9.17) is 21.4 Å². The van der Waals surface area contributed by atoms with Crippen molar-refractivity contribution < 1.29 is 14.6 Å². The third-order valence-electron chi connectivity index (χ3n) is 2.35. The van der Waals surface area contributed by atoms with Crippen molar-refractivity contribution >= 4 is 17.6 Å². The summed E-state index contributed by atoms with van der Waals surface area (Å²) in [4.78, 5) is 11.2. The van der Waals surface area contributed by atoms with Crippen LogP contribution in [0.1, 0.15) is 26.7 Å². The molecule has 0 saturated heterocycles. The van der Waals surface area contributed by atoms with Crippen LogP contribution in [0.4, 0.5) is 0 Å². The molecule has 0 aromatic heterocycles. The van der Waals surface area contributed by atoms with Crippen molar-refractivity contribution in [3.05, 3.63) is 29.3 Å². The van der Waals surface area contributed by atoms with Gasteiger partial charge in [-0.05, 0) is 25.5 Å². The van der Waals surface area contributed by atoms with Gasteiger partial charge in [-0.15, -0.1) is 0 Å². The first-order valence-electron chi connectivity index (χ1n) is 5.16. The summed E-state index contributed by atoms with van der Waals surface area (Å²) in [5.74, 6) is -0.572. The van der Waals surface area contributed by atoms with Gasteiger partial charge in [-0.25, -0.2) is 4.79 Å². The van der Waals surface area contributed by atoms with Crippen molar-refractivity contribution in [3.63, 3.8) is 0 Å². The number of hydrogen-bond acceptors (Lipinski definition) is 2. The van der Waals surface area contributed by atoms with Gasteiger partial charge in [0.1, 0.15) is 5.75 Å². The first-order valence-corrected chi connectivity index (χ1v) is 5.54. The van der Waals surface area contributed by atoms with Crippen LogP contribution in [0.3, 0.4) is 0 Å². The maximum absolute atomic E-state index is 11.2. The zero-order chi connectivity index (χ0) is 12.2. The largest absolute Gasteiger partial charge is 0.478 e. The molecule has 0 heterocycles. The maximum atomic E-state index is 11.2. The third-order valence-corrected chi connectivity index (χ3v) is 2.66. The summed E-state index contributed by atoms with van der Waals surface area (Å²) in [5, 5.41) is 9.57. The summed E-state index contributed by atoms with van der Waals surface area (Å²) in [6.45, 7) is 3.47. The Bertz CT molecular complexity index is 378. The second-order valence-electron chi connectivity index (χ2n) is 3.82. The van der Waals surface area contributed by atoms with Crippen molar-refractivity contribution in [3.8, 4) is 5.75 Å². The minimum absolute atomic E-state index is 0.405. The molecule has 0 amide bonds. The highest BCUT2D eigenvalue weighted by Crippen LogP contribution is 2.29. The number of halogens is 1. The summed E-state index contributed by atoms with van der Waals surface area (Å²) in [6, 6.07) is 6.87. The van der Waals surface area contributed by atoms with Gasteiger partial charge >= 0.3 is 5.97 Å². The van der Waals surface area contributed by atoms with Gasteiger partial charge in [0.05, 0.1) is 5.02 Å². The van der Waals surface area contributed by atoms with Crippen LogP contribution in [0.5, 0.6) is 5.75 Å². The number of carbonyl (C=O) groups is 1. The Morgan fingerprint density at radius 3 is 2.62 bits per heavy atom. The molecule has 0 bridgehead atoms. The number of para-hydroxylation sites is 1. The zero-order valence-corrected chi connectivity index (χ0v) is 10.1. The average molecular weight is 243 g/mol. The van der Waals surface area contributed by atoms with Crippen LogP contribution >= 0.6 is 11.6 Å². The van der Waals surface area contributed by atoms with E-state index in [0.717, 1.165) is 6.42 Å². The molecule has 0 radical (unpaired) electrons. The Labute approximate surface area is 100.0 Å². The molecule has 1 rings (SSSR count). The molecule has 0 saturated carbocycles. The van der Waals surface area contributed by atoms with Gasteiger partial charge in [-0.2, -0.15) is 0 Å². The lowest BCUT2D eigenvalue weighted by molar-refractivity contribution is -0.154. The second-order valence-corrected chi connectivity index (χ2v) is 4.23. The number of carboxylic acid groups (broad SMARTS) is 1. The topological polar surface area (TPSA) is 46.5 Å². The van der Waals surface area contributed by atoms with Crippen LogP contribution in [-0.4, -0.2) is 16.7 Å². The van der Waals surface area contributed by atoms with Crippen LogP contribution in [0.15, 0.2) is 24.3 Å². The Morgan fingerprint density at radius 1 is 1.50 bits per heavy atom. The van der Waals surface area contributed by atoms with Gasteiger partial charge in [0.2, 0.25) is 5.60 Å². The number of ether oxygens (including phenoxy) is 1. The lowest BCUT2D eigenvalue weighted by Crippen LogP contribution is -2.41. The van der Waals surface area contributed by atoms with E-state index in [0.29, 0.717) is 17.2 Å². The summed E-state index contributed by atoms with van der Waals surface area (Å²) < 4.78 is 5.50. The molecule has 1 aromatic rings. The van der Waals surface area contributed by atoms with Crippen LogP contribution in [0.25, 0.3) is 0 Å². The number of benzene rings is 1. The fourth-order valence-electron chi connectivity index (χ4n) is 1.45. The summed E-state index contributed by atoms with van der Waals surface area (Å²) >= 11 is 5.92. The molecule has 1 aromatic carbocycles. The fourth-order valence-corrected chi connectivity index (χ4v) is 1.62. The van der Waals surface area contributed by atoms with E-state index in [1.807, 2.05) is 6.92 Å². The van der Waals surface area contributed by atoms with E-state index < -0.39 is 11.6 Å². The molecule has 0 spiro atoms. The standard InChI is InChI=1S/C12H15ClO3/c1-3-8-12(2,11(14)15)16-10-7-5-4-6-9(10)13/h4-7H,3,8H2,1-2H3,(H,14,15). The molecule has 1 atom stereocenters. The van der Waals surface area contributed by atoms with E-state index in [1.54, 1.807) is 31.2 Å². The van der Waals surface area contributed by atoms with Gasteiger partial charge in [0, 0.05) is 0 Å². The summed E-state index contributed by atoms with van der Waals surface area (Å²) in [7, 11) is 0. The number of rotatable bonds is 5. The van der Waals surface area contributed by atoms with Crippen LogP contribution in [0.2, 0.25) is 5.02 Å². The van der Waals surface area contributed by atoms with Gasteiger partial charge < -0.3 is 9.84 Å². The normalized spacial score (nSPS) is 14.2. The van der Waals surface area contributed by atoms with Crippen molar-refractivity contribution in [1.29, 1.82) is 0 Å². The molecule has 0 aliphatic carbocycles. The molecular formula is C12H15ClO3. The smallest absolute Gasteiger partial charge is 0.347 e. The van der Waals surface area contributed by atoms with Crippen LogP contribution in [-0.2, 0) is 4.79 Å². The average Bonchev–Trinajstić information content (AvgIpc) is 2.21. The second kappa shape index (κ2) is 5.21. The number of hydrogen-bond donors (Lipinski definition) is 1. The van der Waals surface area contributed by atoms with Crippen molar-refractivity contribution in [2.45, 2.75) is 32.3 Å². The van der Waals surface area contributed by atoms with Crippen molar-refractivity contribution in [1.82, 2.24) is 0 Å². The molecule has 0 aliphatic heterocycles. The highest BCUT2D eigenvalue weighted by Gasteiger charge is 2.35. The van der Waals surface area contributed by atoms with E-state index in [2.05, 4.69) is 0 Å². The molecular weight excluding hydrogens is 228 g/mol. The van der Waals surface area contributed by atoms with Gasteiger partial charge in [-0.3, -0.25) is 0 Å². The van der Waals surface area contributed by atoms with Crippen LogP contribution < -0.4 is 4.74 Å². The summed E-state index contributed by atoms with van der Waals surface area (Å²) in [5.41, 5.74) is -1.22. The number of aliphatic carboxylic acids is 1. The first-order chi connectivity index (χ1) is 7.49. The number of carboxylic acids is 1. The third kappa shape index (κ3) is 2.89. The Kier molecular flexibility index (Phi) is 4.19. The highest BCUT2D eigenvalue weighted by molar-refractivity contribution is 6.32. The molecule has 1 N–H and O–H groups in total. The van der Waals surface area contributed by atoms with E-state index >= 15 is 0 Å². The molecule has 16 heavy (non-hydrogen) atoms. The molecule has 1 unspecified atom stereocenters. The van der Waals surface area contributed by atoms with E-state index in [9.17, 15) is 4.79 Å². The Morgan fingerprint density at radius 2 is 2.12 bits per heavy atom. The molecule has 4 heteroatoms. The fraction of sp³-hybridized carbons (Fsp3) is 0.417. The lowest BCUT2D eigenvalue weighted by atomic mass is 10.0. The zero-order valence-electron chi connectivity index (χ0n) is 9.37. The molecule has 0 aliphatic rings. The predicted octanol–water partition coefficient (Wildman–Crippen LogP) is 3.36. The van der Waals surface area contributed by atoms with Gasteiger partial charge in [-0.1, -0.05) is 37.1 Å². The molecule has 3 nitrogen and oxygen atoms in total. The van der Waals surface area contributed by atoms with E-state index in [1.165, 1.54) is 0 Å². The summed E-state index contributed by atoms with van der Waals surface area (Å²) in [6.07, 6.45) is 1.17. The lowest BCUT2D eigenvalue weighted by Gasteiger charge is -2.26.